The number of rotatable bonds is 6. The molecule has 0 amide bonds. The molecular formula is C22H26N2O. The van der Waals surface area contributed by atoms with Gasteiger partial charge < -0.3 is 10.1 Å². The van der Waals surface area contributed by atoms with Gasteiger partial charge in [0.15, 0.2) is 0 Å². The Morgan fingerprint density at radius 3 is 2.72 bits per heavy atom. The van der Waals surface area contributed by atoms with Crippen LogP contribution in [0.1, 0.15) is 42.0 Å². The Bertz CT molecular complexity index is 731. The van der Waals surface area contributed by atoms with E-state index in [1.165, 1.54) is 23.1 Å². The fourth-order valence-corrected chi connectivity index (χ4v) is 3.74. The zero-order valence-electron chi connectivity index (χ0n) is 15.1. The van der Waals surface area contributed by atoms with E-state index in [1.54, 1.807) is 7.11 Å². The van der Waals surface area contributed by atoms with Gasteiger partial charge in [-0.3, -0.25) is 0 Å². The zero-order valence-corrected chi connectivity index (χ0v) is 15.1. The van der Waals surface area contributed by atoms with E-state index in [1.807, 2.05) is 12.1 Å². The average molecular weight is 334 g/mol. The van der Waals surface area contributed by atoms with Gasteiger partial charge in [-0.25, -0.2) is 0 Å². The number of benzene rings is 2. The predicted octanol–water partition coefficient (Wildman–Crippen LogP) is 4.04. The normalized spacial score (nSPS) is 17.4. The minimum absolute atomic E-state index is 0.453. The van der Waals surface area contributed by atoms with Crippen LogP contribution in [0.15, 0.2) is 42.5 Å². The molecule has 2 atom stereocenters. The monoisotopic (exact) mass is 334 g/mol. The summed E-state index contributed by atoms with van der Waals surface area (Å²) >= 11 is 0. The predicted molar refractivity (Wildman–Crippen MR) is 101 cm³/mol. The summed E-state index contributed by atoms with van der Waals surface area (Å²) in [4.78, 5) is 0. The molecule has 1 N–H and O–H groups in total. The highest BCUT2D eigenvalue weighted by Gasteiger charge is 2.23. The van der Waals surface area contributed by atoms with Crippen LogP contribution in [0.25, 0.3) is 0 Å². The van der Waals surface area contributed by atoms with Crippen molar-refractivity contribution in [3.8, 4) is 11.8 Å². The van der Waals surface area contributed by atoms with Crippen LogP contribution in [0, 0.1) is 11.3 Å². The molecule has 3 nitrogen and oxygen atoms in total. The number of fused-ring (bicyclic) bond motifs is 1. The molecule has 2 aromatic rings. The highest BCUT2D eigenvalue weighted by Crippen LogP contribution is 2.29. The van der Waals surface area contributed by atoms with E-state index in [9.17, 15) is 0 Å². The summed E-state index contributed by atoms with van der Waals surface area (Å²) in [5, 5.41) is 12.8. The van der Waals surface area contributed by atoms with Crippen molar-refractivity contribution in [1.82, 2.24) is 5.32 Å². The number of hydrogen-bond acceptors (Lipinski definition) is 3. The second-order valence-electron chi connectivity index (χ2n) is 6.82. The van der Waals surface area contributed by atoms with Crippen LogP contribution < -0.4 is 10.1 Å². The van der Waals surface area contributed by atoms with E-state index in [2.05, 4.69) is 48.6 Å². The van der Waals surface area contributed by atoms with Crippen LogP contribution in [0.4, 0.5) is 0 Å². The van der Waals surface area contributed by atoms with E-state index in [-0.39, 0.29) is 0 Å². The number of nitrogens with zero attached hydrogens (tertiary/aromatic N) is 1. The summed E-state index contributed by atoms with van der Waals surface area (Å²) in [6.07, 6.45) is 5.40. The minimum Gasteiger partial charge on any atom is -0.496 e. The largest absolute Gasteiger partial charge is 0.496 e. The lowest BCUT2D eigenvalue weighted by Gasteiger charge is -2.30. The minimum atomic E-state index is 0.453. The number of ether oxygens (including phenoxy) is 1. The highest BCUT2D eigenvalue weighted by molar-refractivity contribution is 5.42. The summed E-state index contributed by atoms with van der Waals surface area (Å²) in [5.74, 6) is 1.02. The summed E-state index contributed by atoms with van der Waals surface area (Å²) in [7, 11) is 1.76. The Labute approximate surface area is 150 Å². The highest BCUT2D eigenvalue weighted by atomic mass is 16.5. The first kappa shape index (κ1) is 17.5. The maximum Gasteiger partial charge on any atom is 0.122 e. The fraction of sp³-hybridized carbons (Fsp3) is 0.409. The van der Waals surface area contributed by atoms with Gasteiger partial charge in [-0.05, 0) is 67.0 Å². The van der Waals surface area contributed by atoms with Gasteiger partial charge in [0.05, 0.1) is 18.7 Å². The molecule has 0 fully saturated rings. The number of nitrogens with one attached hydrogen (secondary N) is 1. The molecule has 25 heavy (non-hydrogen) atoms. The molecule has 0 spiro atoms. The van der Waals surface area contributed by atoms with Gasteiger partial charge in [-0.15, -0.1) is 0 Å². The van der Waals surface area contributed by atoms with E-state index in [0.29, 0.717) is 12.1 Å². The first-order valence-corrected chi connectivity index (χ1v) is 9.13. The van der Waals surface area contributed by atoms with Crippen molar-refractivity contribution in [2.24, 2.45) is 0 Å². The Balaban J connectivity index is 1.65. The van der Waals surface area contributed by atoms with Crippen LogP contribution in [0.2, 0.25) is 0 Å². The van der Waals surface area contributed by atoms with Gasteiger partial charge in [0.25, 0.3) is 0 Å². The third-order valence-corrected chi connectivity index (χ3v) is 5.19. The number of nitriles is 1. The van der Waals surface area contributed by atoms with E-state index >= 15 is 0 Å². The summed E-state index contributed by atoms with van der Waals surface area (Å²) in [5.41, 5.74) is 4.80. The number of aryl methyl sites for hydroxylation is 1. The quantitative estimate of drug-likeness (QED) is 0.867. The standard InChI is InChI=1S/C22H26N2O/c1-3-19(13-16-7-9-17(15-23)10-8-16)24-20-12-11-18-5-4-6-22(25-2)21(18)14-20/h4-10,19-20,24H,3,11-14H2,1-2H3. The van der Waals surface area contributed by atoms with E-state index in [4.69, 9.17) is 10.00 Å². The Morgan fingerprint density at radius 1 is 1.24 bits per heavy atom. The van der Waals surface area contributed by atoms with Gasteiger partial charge in [0.2, 0.25) is 0 Å². The third-order valence-electron chi connectivity index (χ3n) is 5.19. The first-order chi connectivity index (χ1) is 12.2. The molecule has 1 aliphatic carbocycles. The molecule has 0 bridgehead atoms. The molecule has 1 aliphatic rings. The summed E-state index contributed by atoms with van der Waals surface area (Å²) < 4.78 is 5.56. The van der Waals surface area contributed by atoms with Crippen LogP contribution in [-0.2, 0) is 19.3 Å². The summed E-state index contributed by atoms with van der Waals surface area (Å²) in [6, 6.07) is 17.5. The first-order valence-electron chi connectivity index (χ1n) is 9.13. The topological polar surface area (TPSA) is 45.0 Å². The molecule has 0 saturated heterocycles. The molecule has 0 radical (unpaired) electrons. The molecule has 0 aliphatic heterocycles. The molecule has 3 heteroatoms. The second kappa shape index (κ2) is 8.18. The van der Waals surface area contributed by atoms with Gasteiger partial charge in [0.1, 0.15) is 5.75 Å². The Hall–Kier alpha value is -2.31. The van der Waals surface area contributed by atoms with Crippen LogP contribution >= 0.6 is 0 Å². The average Bonchev–Trinajstić information content (AvgIpc) is 2.67. The lowest BCUT2D eigenvalue weighted by molar-refractivity contribution is 0.367. The Kier molecular flexibility index (Phi) is 5.73. The molecule has 2 aromatic carbocycles. The summed E-state index contributed by atoms with van der Waals surface area (Å²) in [6.45, 7) is 2.23. The molecule has 0 heterocycles. The zero-order chi connectivity index (χ0) is 17.6. The van der Waals surface area contributed by atoms with Gasteiger partial charge >= 0.3 is 0 Å². The van der Waals surface area contributed by atoms with Crippen molar-refractivity contribution in [2.45, 2.75) is 51.1 Å². The van der Waals surface area contributed by atoms with Crippen molar-refractivity contribution in [1.29, 1.82) is 5.26 Å². The smallest absolute Gasteiger partial charge is 0.122 e. The molecular weight excluding hydrogens is 308 g/mol. The fourth-order valence-electron chi connectivity index (χ4n) is 3.74. The Morgan fingerprint density at radius 2 is 2.04 bits per heavy atom. The number of methoxy groups -OCH3 is 1. The molecule has 2 unspecified atom stereocenters. The van der Waals surface area contributed by atoms with Crippen LogP contribution in [-0.4, -0.2) is 19.2 Å². The maximum absolute atomic E-state index is 8.92. The maximum atomic E-state index is 8.92. The lowest BCUT2D eigenvalue weighted by atomic mass is 9.87. The second-order valence-corrected chi connectivity index (χ2v) is 6.82. The molecule has 3 rings (SSSR count). The molecule has 130 valence electrons. The van der Waals surface area contributed by atoms with E-state index < -0.39 is 0 Å². The van der Waals surface area contributed by atoms with Crippen LogP contribution in [0.3, 0.4) is 0 Å². The number of hydrogen-bond donors (Lipinski definition) is 1. The lowest BCUT2D eigenvalue weighted by Crippen LogP contribution is -2.42. The molecule has 0 saturated carbocycles. The van der Waals surface area contributed by atoms with Crippen molar-refractivity contribution in [3.05, 3.63) is 64.7 Å². The van der Waals surface area contributed by atoms with Crippen molar-refractivity contribution < 1.29 is 4.74 Å². The van der Waals surface area contributed by atoms with Gasteiger partial charge in [-0.1, -0.05) is 31.2 Å². The van der Waals surface area contributed by atoms with E-state index in [0.717, 1.165) is 37.0 Å². The third kappa shape index (κ3) is 4.21. The van der Waals surface area contributed by atoms with Crippen molar-refractivity contribution in [3.63, 3.8) is 0 Å². The van der Waals surface area contributed by atoms with Gasteiger partial charge in [-0.2, -0.15) is 5.26 Å². The molecule has 0 aromatic heterocycles. The van der Waals surface area contributed by atoms with Gasteiger partial charge in [0, 0.05) is 12.1 Å². The SMILES string of the molecule is CCC(Cc1ccc(C#N)cc1)NC1CCc2cccc(OC)c2C1. The van der Waals surface area contributed by atoms with Crippen molar-refractivity contribution in [2.75, 3.05) is 7.11 Å². The van der Waals surface area contributed by atoms with Crippen molar-refractivity contribution >= 4 is 0 Å². The van der Waals surface area contributed by atoms with Crippen LogP contribution in [0.5, 0.6) is 5.75 Å².